The van der Waals surface area contributed by atoms with Gasteiger partial charge < -0.3 is 0 Å². The second-order valence-electron chi connectivity index (χ2n) is 3.21. The van der Waals surface area contributed by atoms with Crippen LogP contribution in [0.1, 0.15) is 18.1 Å². The van der Waals surface area contributed by atoms with Crippen LogP contribution in [0.15, 0.2) is 22.7 Å². The molecule has 0 saturated carbocycles. The molecular weight excluding hydrogens is 322 g/mol. The molecule has 0 N–H and O–H groups in total. The quantitative estimate of drug-likeness (QED) is 0.798. The van der Waals surface area contributed by atoms with Crippen molar-refractivity contribution in [3.63, 3.8) is 0 Å². The van der Waals surface area contributed by atoms with Crippen molar-refractivity contribution < 1.29 is 4.79 Å². The molecule has 1 aromatic carbocycles. The van der Waals surface area contributed by atoms with Gasteiger partial charge in [0.25, 0.3) is 0 Å². The zero-order valence-corrected chi connectivity index (χ0v) is 11.3. The molecule has 0 aliphatic carbocycles. The lowest BCUT2D eigenvalue weighted by molar-refractivity contribution is -0.116. The van der Waals surface area contributed by atoms with Crippen molar-refractivity contribution in [2.24, 2.45) is 0 Å². The molecule has 2 nitrogen and oxygen atoms in total. The van der Waals surface area contributed by atoms with Crippen LogP contribution in [0.2, 0.25) is 0 Å². The van der Waals surface area contributed by atoms with E-state index in [9.17, 15) is 4.79 Å². The smallest absolute Gasteiger partial charge is 0.143 e. The predicted molar refractivity (Wildman–Crippen MR) is 66.0 cm³/mol. The Balaban J connectivity index is 2.85. The van der Waals surface area contributed by atoms with Gasteiger partial charge in [-0.1, -0.05) is 22.0 Å². The highest BCUT2D eigenvalue weighted by Crippen LogP contribution is 2.20. The lowest BCUT2D eigenvalue weighted by Gasteiger charge is -2.06. The Hall–Kier alpha value is -0.660. The molecule has 0 bridgehead atoms. The summed E-state index contributed by atoms with van der Waals surface area (Å²) in [4.78, 5) is 10.9. The highest BCUT2D eigenvalue weighted by Gasteiger charge is 2.11. The molecule has 0 aliphatic rings. The highest BCUT2D eigenvalue weighted by atomic mass is 79.9. The van der Waals surface area contributed by atoms with Gasteiger partial charge in [-0.15, -0.1) is 0 Å². The lowest BCUT2D eigenvalue weighted by Crippen LogP contribution is -2.12. The van der Waals surface area contributed by atoms with Gasteiger partial charge >= 0.3 is 0 Å². The number of carbonyl (C=O) groups excluding carboxylic acids is 1. The van der Waals surface area contributed by atoms with Crippen molar-refractivity contribution >= 4 is 37.6 Å². The Labute approximate surface area is 106 Å². The molecule has 4 heteroatoms. The molecule has 0 heterocycles. The maximum Gasteiger partial charge on any atom is 0.143 e. The van der Waals surface area contributed by atoms with E-state index >= 15 is 0 Å². The number of halogens is 2. The van der Waals surface area contributed by atoms with Crippen LogP contribution in [0.25, 0.3) is 0 Å². The predicted octanol–water partition coefficient (Wildman–Crippen LogP) is 3.22. The lowest BCUT2D eigenvalue weighted by atomic mass is 10.1. The molecule has 1 unspecified atom stereocenters. The monoisotopic (exact) mass is 329 g/mol. The molecule has 0 aliphatic heterocycles. The number of nitrogens with zero attached hydrogens (tertiary/aromatic N) is 1. The topological polar surface area (TPSA) is 40.9 Å². The van der Waals surface area contributed by atoms with Crippen molar-refractivity contribution in [3.05, 3.63) is 33.8 Å². The van der Waals surface area contributed by atoms with E-state index in [4.69, 9.17) is 5.26 Å². The van der Waals surface area contributed by atoms with E-state index in [-0.39, 0.29) is 10.6 Å². The number of carbonyl (C=O) groups is 1. The van der Waals surface area contributed by atoms with E-state index in [1.807, 2.05) is 12.1 Å². The van der Waals surface area contributed by atoms with Crippen LogP contribution in [0.5, 0.6) is 0 Å². The summed E-state index contributed by atoms with van der Waals surface area (Å²) in [5.74, 6) is 0.107. The van der Waals surface area contributed by atoms with Gasteiger partial charge in [0.2, 0.25) is 0 Å². The number of alkyl halides is 1. The molecule has 1 rings (SSSR count). The fourth-order valence-electron chi connectivity index (χ4n) is 1.13. The summed E-state index contributed by atoms with van der Waals surface area (Å²) < 4.78 is 0.769. The van der Waals surface area contributed by atoms with Crippen LogP contribution in [-0.2, 0) is 11.2 Å². The third-order valence-corrected chi connectivity index (χ3v) is 3.63. The first-order valence-electron chi connectivity index (χ1n) is 4.37. The molecule has 0 fully saturated rings. The number of rotatable bonds is 3. The Morgan fingerprint density at radius 3 is 2.73 bits per heavy atom. The summed E-state index contributed by atoms with van der Waals surface area (Å²) in [6.07, 6.45) is 0.639. The van der Waals surface area contributed by atoms with E-state index in [1.165, 1.54) is 0 Å². The number of ketones is 1. The molecule has 1 aromatic rings. The third kappa shape index (κ3) is 3.44. The van der Waals surface area contributed by atoms with Crippen molar-refractivity contribution in [1.29, 1.82) is 5.26 Å². The molecule has 0 aromatic heterocycles. The Morgan fingerprint density at radius 1 is 1.60 bits per heavy atom. The van der Waals surface area contributed by atoms with Gasteiger partial charge in [-0.3, -0.25) is 4.79 Å². The van der Waals surface area contributed by atoms with Gasteiger partial charge in [0, 0.05) is 4.47 Å². The van der Waals surface area contributed by atoms with Crippen molar-refractivity contribution in [2.75, 3.05) is 0 Å². The number of nitriles is 1. The van der Waals surface area contributed by atoms with Gasteiger partial charge in [-0.2, -0.15) is 5.26 Å². The van der Waals surface area contributed by atoms with Gasteiger partial charge in [0.15, 0.2) is 0 Å². The van der Waals surface area contributed by atoms with Crippen molar-refractivity contribution in [2.45, 2.75) is 18.2 Å². The van der Waals surface area contributed by atoms with Crippen LogP contribution < -0.4 is 0 Å². The fourth-order valence-corrected chi connectivity index (χ4v) is 2.02. The number of benzene rings is 1. The molecule has 0 spiro atoms. The Morgan fingerprint density at radius 2 is 2.27 bits per heavy atom. The normalized spacial score (nSPS) is 11.9. The molecule has 78 valence electrons. The van der Waals surface area contributed by atoms with Crippen LogP contribution >= 0.6 is 31.9 Å². The summed E-state index contributed by atoms with van der Waals surface area (Å²) in [5, 5.41) is 8.74. The summed E-state index contributed by atoms with van der Waals surface area (Å²) in [6.45, 7) is 1.55. The van der Waals surface area contributed by atoms with Gasteiger partial charge in [-0.25, -0.2) is 0 Å². The van der Waals surface area contributed by atoms with E-state index in [0.717, 1.165) is 10.0 Å². The first kappa shape index (κ1) is 12.4. The average Bonchev–Trinajstić information content (AvgIpc) is 2.18. The Kier molecular flexibility index (Phi) is 4.49. The van der Waals surface area contributed by atoms with Crippen LogP contribution in [0.3, 0.4) is 0 Å². The molecule has 0 saturated heterocycles. The second kappa shape index (κ2) is 5.43. The zero-order valence-electron chi connectivity index (χ0n) is 8.13. The van der Waals surface area contributed by atoms with Crippen LogP contribution in [0, 0.1) is 11.3 Å². The Bertz CT molecular complexity index is 423. The molecular formula is C11H9Br2NO. The molecule has 0 radical (unpaired) electrons. The molecule has 15 heavy (non-hydrogen) atoms. The van der Waals surface area contributed by atoms with Gasteiger partial charge in [0.05, 0.1) is 10.4 Å². The first-order chi connectivity index (χ1) is 7.04. The molecule has 0 amide bonds. The zero-order chi connectivity index (χ0) is 11.4. The van der Waals surface area contributed by atoms with E-state index in [1.54, 1.807) is 13.0 Å². The SMILES string of the molecule is CC(=O)C(Br)Cc1ccc(C#N)c(Br)c1. The summed E-state index contributed by atoms with van der Waals surface area (Å²) >= 11 is 6.62. The summed E-state index contributed by atoms with van der Waals surface area (Å²) in [7, 11) is 0. The highest BCUT2D eigenvalue weighted by molar-refractivity contribution is 9.10. The second-order valence-corrected chi connectivity index (χ2v) is 5.17. The van der Waals surface area contributed by atoms with Crippen LogP contribution in [-0.4, -0.2) is 10.6 Å². The third-order valence-electron chi connectivity index (χ3n) is 2.01. The minimum Gasteiger partial charge on any atom is -0.299 e. The average molecular weight is 331 g/mol. The van der Waals surface area contributed by atoms with Crippen LogP contribution in [0.4, 0.5) is 0 Å². The maximum atomic E-state index is 11.0. The standard InChI is InChI=1S/C11H9Br2NO/c1-7(15)10(12)4-8-2-3-9(6-14)11(13)5-8/h2-3,5,10H,4H2,1H3. The van der Waals surface area contributed by atoms with E-state index < -0.39 is 0 Å². The number of hydrogen-bond acceptors (Lipinski definition) is 2. The molecule has 1 atom stereocenters. The maximum absolute atomic E-state index is 11.0. The van der Waals surface area contributed by atoms with Crippen molar-refractivity contribution in [1.82, 2.24) is 0 Å². The van der Waals surface area contributed by atoms with Gasteiger partial charge in [0.1, 0.15) is 11.9 Å². The number of hydrogen-bond donors (Lipinski definition) is 0. The number of Topliss-reactive ketones (excluding diaryl/α,β-unsaturated/α-hetero) is 1. The first-order valence-corrected chi connectivity index (χ1v) is 6.08. The summed E-state index contributed by atoms with van der Waals surface area (Å²) in [5.41, 5.74) is 1.63. The largest absolute Gasteiger partial charge is 0.299 e. The fraction of sp³-hybridized carbons (Fsp3) is 0.273. The minimum atomic E-state index is -0.155. The summed E-state index contributed by atoms with van der Waals surface area (Å²) in [6, 6.07) is 7.55. The van der Waals surface area contributed by atoms with Gasteiger partial charge in [-0.05, 0) is 47.0 Å². The minimum absolute atomic E-state index is 0.107. The van der Waals surface area contributed by atoms with E-state index in [0.29, 0.717) is 12.0 Å². The van der Waals surface area contributed by atoms with Crippen molar-refractivity contribution in [3.8, 4) is 6.07 Å². The van der Waals surface area contributed by atoms with E-state index in [2.05, 4.69) is 37.9 Å².